The summed E-state index contributed by atoms with van der Waals surface area (Å²) in [6, 6.07) is 10.2. The second-order valence-corrected chi connectivity index (χ2v) is 5.15. The lowest BCUT2D eigenvalue weighted by molar-refractivity contribution is -0.139. The Morgan fingerprint density at radius 2 is 1.86 bits per heavy atom. The third-order valence-electron chi connectivity index (χ3n) is 3.66. The molecule has 0 saturated carbocycles. The van der Waals surface area contributed by atoms with E-state index in [0.29, 0.717) is 0 Å². The van der Waals surface area contributed by atoms with Gasteiger partial charge in [0.2, 0.25) is 0 Å². The van der Waals surface area contributed by atoms with Gasteiger partial charge in [-0.3, -0.25) is 4.79 Å². The van der Waals surface area contributed by atoms with Gasteiger partial charge in [-0.1, -0.05) is 54.6 Å². The van der Waals surface area contributed by atoms with Gasteiger partial charge in [-0.25, -0.2) is 0 Å². The Morgan fingerprint density at radius 1 is 1.19 bits per heavy atom. The molecule has 21 heavy (non-hydrogen) atoms. The molecular weight excluding hydrogens is 262 g/mol. The molecule has 1 saturated heterocycles. The lowest BCUT2D eigenvalue weighted by Crippen LogP contribution is -2.29. The Balaban J connectivity index is 0.000000173. The molecule has 1 heterocycles. The van der Waals surface area contributed by atoms with E-state index in [-0.39, 0.29) is 6.04 Å². The number of hydrogen-bond acceptors (Lipinski definition) is 2. The van der Waals surface area contributed by atoms with Crippen molar-refractivity contribution in [1.29, 1.82) is 0 Å². The van der Waals surface area contributed by atoms with Crippen molar-refractivity contribution in [3.05, 3.63) is 65.8 Å². The molecule has 2 N–H and O–H groups in total. The van der Waals surface area contributed by atoms with Crippen molar-refractivity contribution in [3.63, 3.8) is 0 Å². The van der Waals surface area contributed by atoms with E-state index in [9.17, 15) is 4.79 Å². The average molecular weight is 283 g/mol. The summed E-state index contributed by atoms with van der Waals surface area (Å²) in [6.45, 7) is 3.02. The molecule has 1 fully saturated rings. The van der Waals surface area contributed by atoms with E-state index >= 15 is 0 Å². The number of benzene rings is 1. The summed E-state index contributed by atoms with van der Waals surface area (Å²) >= 11 is 0. The number of carbonyl (C=O) groups is 1. The molecule has 1 aromatic rings. The maximum Gasteiger partial charge on any atom is 0.320 e. The van der Waals surface area contributed by atoms with Crippen LogP contribution in [0.1, 0.15) is 25.3 Å². The molecule has 1 aromatic carbocycles. The molecule has 3 nitrogen and oxygen atoms in total. The molecule has 0 amide bonds. The van der Waals surface area contributed by atoms with Crippen LogP contribution in [0.25, 0.3) is 5.57 Å². The van der Waals surface area contributed by atoms with Crippen molar-refractivity contribution < 1.29 is 9.90 Å². The van der Waals surface area contributed by atoms with Crippen LogP contribution in [-0.4, -0.2) is 23.7 Å². The largest absolute Gasteiger partial charge is 0.480 e. The van der Waals surface area contributed by atoms with E-state index in [4.69, 9.17) is 5.11 Å². The average Bonchev–Trinajstić information content (AvgIpc) is 3.21. The summed E-state index contributed by atoms with van der Waals surface area (Å²) in [4.78, 5) is 10.1. The van der Waals surface area contributed by atoms with Crippen LogP contribution in [0.2, 0.25) is 0 Å². The molecule has 0 radical (unpaired) electrons. The van der Waals surface area contributed by atoms with Crippen LogP contribution >= 0.6 is 0 Å². The molecule has 3 heteroatoms. The van der Waals surface area contributed by atoms with Gasteiger partial charge in [0, 0.05) is 0 Å². The fraction of sp³-hybridized carbons (Fsp3) is 0.278. The second-order valence-electron chi connectivity index (χ2n) is 5.15. The molecule has 0 spiro atoms. The fourth-order valence-electron chi connectivity index (χ4n) is 2.37. The molecule has 0 bridgehead atoms. The quantitative estimate of drug-likeness (QED) is 0.874. The van der Waals surface area contributed by atoms with E-state index in [1.807, 2.05) is 6.07 Å². The van der Waals surface area contributed by atoms with E-state index in [0.717, 1.165) is 19.4 Å². The first-order valence-corrected chi connectivity index (χ1v) is 7.25. The maximum absolute atomic E-state index is 10.1. The highest BCUT2D eigenvalue weighted by Crippen LogP contribution is 2.21. The summed E-state index contributed by atoms with van der Waals surface area (Å²) < 4.78 is 0. The van der Waals surface area contributed by atoms with Gasteiger partial charge in [0.05, 0.1) is 0 Å². The van der Waals surface area contributed by atoms with Crippen molar-refractivity contribution in [2.45, 2.75) is 25.8 Å². The molecule has 1 atom stereocenters. The zero-order valence-corrected chi connectivity index (χ0v) is 12.3. The van der Waals surface area contributed by atoms with Crippen molar-refractivity contribution in [1.82, 2.24) is 5.32 Å². The Morgan fingerprint density at radius 3 is 2.33 bits per heavy atom. The monoisotopic (exact) mass is 283 g/mol. The normalized spacial score (nSPS) is 19.3. The van der Waals surface area contributed by atoms with E-state index in [1.54, 1.807) is 0 Å². The Hall–Kier alpha value is -2.13. The van der Waals surface area contributed by atoms with Gasteiger partial charge in [0.15, 0.2) is 0 Å². The summed E-state index contributed by atoms with van der Waals surface area (Å²) in [5.74, 6) is -0.720. The van der Waals surface area contributed by atoms with Gasteiger partial charge in [0.1, 0.15) is 6.04 Å². The third-order valence-corrected chi connectivity index (χ3v) is 3.66. The van der Waals surface area contributed by atoms with Crippen molar-refractivity contribution in [2.24, 2.45) is 0 Å². The highest BCUT2D eigenvalue weighted by molar-refractivity contribution is 5.74. The fourth-order valence-corrected chi connectivity index (χ4v) is 2.37. The number of carboxylic acids is 1. The topological polar surface area (TPSA) is 49.3 Å². The number of nitrogens with one attached hydrogen (secondary N) is 1. The minimum atomic E-state index is -0.720. The molecule has 0 aromatic heterocycles. The van der Waals surface area contributed by atoms with Gasteiger partial charge in [-0.05, 0) is 43.0 Å². The van der Waals surface area contributed by atoms with Gasteiger partial charge < -0.3 is 10.4 Å². The van der Waals surface area contributed by atoms with Gasteiger partial charge >= 0.3 is 5.97 Å². The van der Waals surface area contributed by atoms with E-state index in [2.05, 4.69) is 60.8 Å². The zero-order chi connectivity index (χ0) is 15.1. The van der Waals surface area contributed by atoms with Crippen molar-refractivity contribution in [2.75, 3.05) is 6.54 Å². The van der Waals surface area contributed by atoms with Crippen LogP contribution in [0, 0.1) is 0 Å². The highest BCUT2D eigenvalue weighted by Gasteiger charge is 2.20. The SMILES string of the molecule is CC(=C1C=CC=C1)c1ccccc1.O=C(O)[C@@H]1CCCN1. The molecule has 2 aliphatic rings. The van der Waals surface area contributed by atoms with Crippen LogP contribution in [0.4, 0.5) is 0 Å². The first kappa shape index (κ1) is 15.3. The lowest BCUT2D eigenvalue weighted by Gasteiger charge is -2.02. The third kappa shape index (κ3) is 4.43. The van der Waals surface area contributed by atoms with Gasteiger partial charge in [-0.15, -0.1) is 0 Å². The molecule has 3 rings (SSSR count). The number of rotatable bonds is 2. The second kappa shape index (κ2) is 7.60. The molecule has 1 aliphatic carbocycles. The number of carboxylic acid groups (broad SMARTS) is 1. The minimum absolute atomic E-state index is 0.269. The van der Waals surface area contributed by atoms with Crippen LogP contribution in [0.3, 0.4) is 0 Å². The standard InChI is InChI=1S/C13H12.C5H9NO2/c1-11(13-9-5-6-10-13)12-7-3-2-4-8-12;7-5(8)4-2-1-3-6-4/h2-10H,1H3;4,6H,1-3H2,(H,7,8)/t;4-/m.0/s1. The number of aliphatic carboxylic acids is 1. The Kier molecular flexibility index (Phi) is 5.52. The highest BCUT2D eigenvalue weighted by atomic mass is 16.4. The van der Waals surface area contributed by atoms with Gasteiger partial charge in [-0.2, -0.15) is 0 Å². The maximum atomic E-state index is 10.1. The van der Waals surface area contributed by atoms with Crippen LogP contribution in [-0.2, 0) is 4.79 Å². The predicted molar refractivity (Wildman–Crippen MR) is 86.0 cm³/mol. The molecule has 1 aliphatic heterocycles. The van der Waals surface area contributed by atoms with Crippen molar-refractivity contribution >= 4 is 11.5 Å². The first-order valence-electron chi connectivity index (χ1n) is 7.25. The zero-order valence-electron chi connectivity index (χ0n) is 12.3. The summed E-state index contributed by atoms with van der Waals surface area (Å²) in [7, 11) is 0. The molecule has 0 unspecified atom stereocenters. The Bertz CT molecular complexity index is 550. The molecule has 110 valence electrons. The van der Waals surface area contributed by atoms with Crippen molar-refractivity contribution in [3.8, 4) is 0 Å². The smallest absolute Gasteiger partial charge is 0.320 e. The van der Waals surface area contributed by atoms with Gasteiger partial charge in [0.25, 0.3) is 0 Å². The number of hydrogen-bond donors (Lipinski definition) is 2. The summed E-state index contributed by atoms with van der Waals surface area (Å²) in [6.07, 6.45) is 10.2. The van der Waals surface area contributed by atoms with Crippen LogP contribution in [0.5, 0.6) is 0 Å². The predicted octanol–water partition coefficient (Wildman–Crippen LogP) is 3.41. The van der Waals surface area contributed by atoms with E-state index in [1.165, 1.54) is 16.7 Å². The van der Waals surface area contributed by atoms with Crippen LogP contribution in [0.15, 0.2) is 60.2 Å². The summed E-state index contributed by atoms with van der Waals surface area (Å²) in [5, 5.41) is 11.2. The molecular formula is C18H21NO2. The number of allylic oxidation sites excluding steroid dienone is 6. The summed E-state index contributed by atoms with van der Waals surface area (Å²) in [5.41, 5.74) is 3.95. The van der Waals surface area contributed by atoms with E-state index < -0.39 is 5.97 Å². The minimum Gasteiger partial charge on any atom is -0.480 e. The Labute approximate surface area is 125 Å². The first-order chi connectivity index (χ1) is 10.2. The van der Waals surface area contributed by atoms with Crippen LogP contribution < -0.4 is 5.32 Å². The lowest BCUT2D eigenvalue weighted by atomic mass is 10.0.